The quantitative estimate of drug-likeness (QED) is 0.323. The van der Waals surface area contributed by atoms with Gasteiger partial charge < -0.3 is 16.0 Å². The molecule has 0 radical (unpaired) electrons. The number of amides is 2. The third-order valence-electron chi connectivity index (χ3n) is 5.67. The van der Waals surface area contributed by atoms with E-state index in [1.54, 1.807) is 18.3 Å². The molecule has 0 unspecified atom stereocenters. The molecule has 4 N–H and O–H groups in total. The van der Waals surface area contributed by atoms with Gasteiger partial charge in [-0.3, -0.25) is 9.59 Å². The molecule has 0 aliphatic carbocycles. The Hall–Kier alpha value is -4.71. The Morgan fingerprint density at radius 3 is 2.47 bits per heavy atom. The van der Waals surface area contributed by atoms with Gasteiger partial charge in [-0.2, -0.15) is 0 Å². The number of nitrogens with two attached hydrogens (primary N) is 1. The molecule has 166 valence electrons. The summed E-state index contributed by atoms with van der Waals surface area (Å²) in [5.74, 6) is -0.200. The number of carbonyl (C=O) groups excluding carboxylic acids is 2. The van der Waals surface area contributed by atoms with E-state index in [0.717, 1.165) is 32.8 Å². The maximum absolute atomic E-state index is 12.6. The highest BCUT2D eigenvalue weighted by atomic mass is 16.2. The SMILES string of the molecule is NC(=O)C(=Cc1c[nH]c2nc(NC(=O)Cc3ccc4ccccc4c3)ccc12)c1ccccc1. The third-order valence-corrected chi connectivity index (χ3v) is 5.67. The van der Waals surface area contributed by atoms with Crippen LogP contribution in [0.15, 0.2) is 91.1 Å². The number of fused-ring (bicyclic) bond motifs is 2. The van der Waals surface area contributed by atoms with Crippen LogP contribution in [0.4, 0.5) is 5.82 Å². The highest BCUT2D eigenvalue weighted by Crippen LogP contribution is 2.25. The maximum atomic E-state index is 12.6. The van der Waals surface area contributed by atoms with Crippen LogP contribution in [0.1, 0.15) is 16.7 Å². The lowest BCUT2D eigenvalue weighted by atomic mass is 10.0. The Morgan fingerprint density at radius 2 is 1.68 bits per heavy atom. The Kier molecular flexibility index (Phi) is 5.62. The number of pyridine rings is 1. The van der Waals surface area contributed by atoms with Crippen molar-refractivity contribution in [2.45, 2.75) is 6.42 Å². The van der Waals surface area contributed by atoms with Gasteiger partial charge in [0.1, 0.15) is 11.5 Å². The molecule has 0 saturated heterocycles. The molecule has 0 bridgehead atoms. The molecule has 6 heteroatoms. The minimum atomic E-state index is -0.508. The van der Waals surface area contributed by atoms with E-state index in [9.17, 15) is 9.59 Å². The molecule has 0 atom stereocenters. The predicted octanol–water partition coefficient (Wildman–Crippen LogP) is 4.92. The molecule has 0 fully saturated rings. The number of aromatic amines is 1. The van der Waals surface area contributed by atoms with Crippen molar-refractivity contribution in [2.24, 2.45) is 5.73 Å². The van der Waals surface area contributed by atoms with Crippen molar-refractivity contribution in [3.05, 3.63) is 108 Å². The molecular weight excluding hydrogens is 424 g/mol. The van der Waals surface area contributed by atoms with Crippen LogP contribution >= 0.6 is 0 Å². The molecule has 2 heterocycles. The first-order chi connectivity index (χ1) is 16.6. The Morgan fingerprint density at radius 1 is 0.912 bits per heavy atom. The van der Waals surface area contributed by atoms with Crippen LogP contribution in [0, 0.1) is 0 Å². The van der Waals surface area contributed by atoms with E-state index in [1.807, 2.05) is 78.9 Å². The van der Waals surface area contributed by atoms with Crippen LogP contribution < -0.4 is 11.1 Å². The maximum Gasteiger partial charge on any atom is 0.249 e. The molecule has 5 rings (SSSR count). The van der Waals surface area contributed by atoms with Gasteiger partial charge in [0.2, 0.25) is 11.8 Å². The van der Waals surface area contributed by atoms with Crippen LogP contribution in [-0.4, -0.2) is 21.8 Å². The van der Waals surface area contributed by atoms with Crippen molar-refractivity contribution in [3.8, 4) is 0 Å². The molecule has 34 heavy (non-hydrogen) atoms. The lowest BCUT2D eigenvalue weighted by molar-refractivity contribution is -0.115. The lowest BCUT2D eigenvalue weighted by Gasteiger charge is -2.06. The smallest absolute Gasteiger partial charge is 0.249 e. The van der Waals surface area contributed by atoms with Crippen molar-refractivity contribution >= 4 is 51.1 Å². The summed E-state index contributed by atoms with van der Waals surface area (Å²) in [6.07, 6.45) is 3.77. The summed E-state index contributed by atoms with van der Waals surface area (Å²) in [5.41, 5.74) is 9.10. The van der Waals surface area contributed by atoms with Crippen LogP contribution in [-0.2, 0) is 16.0 Å². The standard InChI is InChI=1S/C28H22N4O2/c29-27(34)24(20-7-2-1-3-8-20)16-22-17-30-28-23(22)12-13-25(32-28)31-26(33)15-18-10-11-19-6-4-5-9-21(19)14-18/h1-14,16-17H,15H2,(H2,29,34)(H2,30,31,32,33). The fourth-order valence-corrected chi connectivity index (χ4v) is 4.01. The van der Waals surface area contributed by atoms with Crippen molar-refractivity contribution in [1.82, 2.24) is 9.97 Å². The second-order valence-electron chi connectivity index (χ2n) is 8.03. The largest absolute Gasteiger partial charge is 0.366 e. The summed E-state index contributed by atoms with van der Waals surface area (Å²) >= 11 is 0. The van der Waals surface area contributed by atoms with E-state index < -0.39 is 5.91 Å². The molecule has 3 aromatic carbocycles. The predicted molar refractivity (Wildman–Crippen MR) is 136 cm³/mol. The number of hydrogen-bond acceptors (Lipinski definition) is 3. The Balaban J connectivity index is 1.35. The highest BCUT2D eigenvalue weighted by Gasteiger charge is 2.12. The first kappa shape index (κ1) is 21.2. The van der Waals surface area contributed by atoms with E-state index >= 15 is 0 Å². The first-order valence-electron chi connectivity index (χ1n) is 10.9. The molecule has 0 spiro atoms. The number of nitrogens with one attached hydrogen (secondary N) is 2. The fourth-order valence-electron chi connectivity index (χ4n) is 4.01. The van der Waals surface area contributed by atoms with E-state index in [1.165, 1.54) is 0 Å². The van der Waals surface area contributed by atoms with Gasteiger partial charge in [0.05, 0.1) is 6.42 Å². The second-order valence-corrected chi connectivity index (χ2v) is 8.03. The monoisotopic (exact) mass is 446 g/mol. The average Bonchev–Trinajstić information content (AvgIpc) is 3.24. The molecule has 6 nitrogen and oxygen atoms in total. The van der Waals surface area contributed by atoms with Crippen LogP contribution in [0.5, 0.6) is 0 Å². The number of H-pyrrole nitrogens is 1. The van der Waals surface area contributed by atoms with Crippen LogP contribution in [0.2, 0.25) is 0 Å². The number of rotatable bonds is 6. The zero-order valence-electron chi connectivity index (χ0n) is 18.3. The summed E-state index contributed by atoms with van der Waals surface area (Å²) in [4.78, 5) is 32.3. The van der Waals surface area contributed by atoms with Crippen molar-refractivity contribution < 1.29 is 9.59 Å². The summed E-state index contributed by atoms with van der Waals surface area (Å²) < 4.78 is 0. The molecule has 2 amide bonds. The van der Waals surface area contributed by atoms with E-state index in [0.29, 0.717) is 17.0 Å². The van der Waals surface area contributed by atoms with Crippen molar-refractivity contribution in [2.75, 3.05) is 5.32 Å². The van der Waals surface area contributed by atoms with Gasteiger partial charge in [-0.1, -0.05) is 72.8 Å². The number of primary amides is 1. The van der Waals surface area contributed by atoms with E-state index in [-0.39, 0.29) is 12.3 Å². The summed E-state index contributed by atoms with van der Waals surface area (Å²) in [6.45, 7) is 0. The molecule has 5 aromatic rings. The lowest BCUT2D eigenvalue weighted by Crippen LogP contribution is -2.15. The summed E-state index contributed by atoms with van der Waals surface area (Å²) in [7, 11) is 0. The molecule has 0 aliphatic heterocycles. The van der Waals surface area contributed by atoms with Gasteiger partial charge in [0.15, 0.2) is 0 Å². The Bertz CT molecular complexity index is 1550. The Labute approximate surface area is 196 Å². The van der Waals surface area contributed by atoms with Crippen LogP contribution in [0.25, 0.3) is 33.5 Å². The molecular formula is C28H22N4O2. The van der Waals surface area contributed by atoms with Gasteiger partial charge in [0, 0.05) is 22.7 Å². The number of aromatic nitrogens is 2. The van der Waals surface area contributed by atoms with Crippen molar-refractivity contribution in [3.63, 3.8) is 0 Å². The third kappa shape index (κ3) is 4.42. The normalized spacial score (nSPS) is 11.6. The van der Waals surface area contributed by atoms with Gasteiger partial charge in [-0.25, -0.2) is 4.98 Å². The first-order valence-corrected chi connectivity index (χ1v) is 10.9. The zero-order valence-corrected chi connectivity index (χ0v) is 18.3. The van der Waals surface area contributed by atoms with Gasteiger partial charge in [-0.15, -0.1) is 0 Å². The molecule has 0 saturated carbocycles. The summed E-state index contributed by atoms with van der Waals surface area (Å²) in [6, 6.07) is 27.0. The average molecular weight is 447 g/mol. The van der Waals surface area contributed by atoms with Gasteiger partial charge >= 0.3 is 0 Å². The summed E-state index contributed by atoms with van der Waals surface area (Å²) in [5, 5.41) is 5.93. The number of hydrogen-bond donors (Lipinski definition) is 3. The van der Waals surface area contributed by atoms with E-state index in [2.05, 4.69) is 15.3 Å². The zero-order chi connectivity index (χ0) is 23.5. The second kappa shape index (κ2) is 9.03. The minimum Gasteiger partial charge on any atom is -0.366 e. The number of carbonyl (C=O) groups is 2. The van der Waals surface area contributed by atoms with Gasteiger partial charge in [0.25, 0.3) is 0 Å². The molecule has 0 aliphatic rings. The minimum absolute atomic E-state index is 0.145. The number of benzene rings is 3. The highest BCUT2D eigenvalue weighted by molar-refractivity contribution is 6.24. The number of anilines is 1. The van der Waals surface area contributed by atoms with Crippen molar-refractivity contribution in [1.29, 1.82) is 0 Å². The van der Waals surface area contributed by atoms with Gasteiger partial charge in [-0.05, 0) is 40.1 Å². The number of nitrogens with zero attached hydrogens (tertiary/aromatic N) is 1. The topological polar surface area (TPSA) is 101 Å². The molecule has 2 aromatic heterocycles. The van der Waals surface area contributed by atoms with Crippen LogP contribution in [0.3, 0.4) is 0 Å². The fraction of sp³-hybridized carbons (Fsp3) is 0.0357. The van der Waals surface area contributed by atoms with E-state index in [4.69, 9.17) is 5.73 Å².